The minimum atomic E-state index is -3.84. The van der Waals surface area contributed by atoms with Gasteiger partial charge in [-0.3, -0.25) is 13.9 Å². The number of anilines is 1. The lowest BCUT2D eigenvalue weighted by Crippen LogP contribution is -2.52. The first-order chi connectivity index (χ1) is 15.8. The predicted molar refractivity (Wildman–Crippen MR) is 138 cm³/mol. The lowest BCUT2D eigenvalue weighted by molar-refractivity contribution is -0.139. The highest BCUT2D eigenvalue weighted by Crippen LogP contribution is 2.28. The summed E-state index contributed by atoms with van der Waals surface area (Å²) in [7, 11) is -3.84. The lowest BCUT2D eigenvalue weighted by atomic mass is 10.1. The summed E-state index contributed by atoms with van der Waals surface area (Å²) in [6.07, 6.45) is 1.75. The van der Waals surface area contributed by atoms with Gasteiger partial charge in [-0.2, -0.15) is 0 Å². The van der Waals surface area contributed by atoms with E-state index in [1.54, 1.807) is 6.92 Å². The number of nitrogens with zero attached hydrogens (tertiary/aromatic N) is 2. The van der Waals surface area contributed by atoms with Crippen molar-refractivity contribution in [2.45, 2.75) is 52.7 Å². The molecule has 0 aliphatic carbocycles. The van der Waals surface area contributed by atoms with Gasteiger partial charge in [0.05, 0.1) is 22.0 Å². The molecule has 0 unspecified atom stereocenters. The van der Waals surface area contributed by atoms with Crippen molar-refractivity contribution in [3.8, 4) is 0 Å². The first-order valence-corrected chi connectivity index (χ1v) is 13.5. The Labute approximate surface area is 212 Å². The van der Waals surface area contributed by atoms with Gasteiger partial charge in [0.1, 0.15) is 12.6 Å². The molecule has 2 amide bonds. The molecule has 7 nitrogen and oxygen atoms in total. The van der Waals surface area contributed by atoms with Crippen LogP contribution in [-0.2, 0) is 26.2 Å². The van der Waals surface area contributed by atoms with Gasteiger partial charge in [0.15, 0.2) is 0 Å². The summed E-state index contributed by atoms with van der Waals surface area (Å²) in [6, 6.07) is 11.0. The molecule has 0 saturated carbocycles. The third-order valence-electron chi connectivity index (χ3n) is 5.47. The SMILES string of the molecule is CC[C@@H](C)NC(=O)[C@@H](C)N(Cc1cccc(C)c1)C(=O)CN(c1ccc(Cl)c(Cl)c1)S(C)(=O)=O. The molecule has 0 saturated heterocycles. The third-order valence-corrected chi connectivity index (χ3v) is 7.35. The maximum Gasteiger partial charge on any atom is 0.244 e. The van der Waals surface area contributed by atoms with Gasteiger partial charge in [0.2, 0.25) is 21.8 Å². The van der Waals surface area contributed by atoms with E-state index in [1.165, 1.54) is 23.1 Å². The second-order valence-electron chi connectivity index (χ2n) is 8.37. The van der Waals surface area contributed by atoms with Gasteiger partial charge in [0.25, 0.3) is 0 Å². The summed E-state index contributed by atoms with van der Waals surface area (Å²) in [5, 5.41) is 3.32. The van der Waals surface area contributed by atoms with Crippen LogP contribution in [0.15, 0.2) is 42.5 Å². The molecule has 0 fully saturated rings. The predicted octanol–water partition coefficient (Wildman–Crippen LogP) is 4.40. The molecule has 0 spiro atoms. The van der Waals surface area contributed by atoms with E-state index in [2.05, 4.69) is 5.32 Å². The normalized spacial score (nSPS) is 13.1. The monoisotopic (exact) mass is 527 g/mol. The van der Waals surface area contributed by atoms with E-state index in [-0.39, 0.29) is 34.2 Å². The number of nitrogens with one attached hydrogen (secondary N) is 1. The molecule has 0 bridgehead atoms. The van der Waals surface area contributed by atoms with Crippen LogP contribution in [-0.4, -0.2) is 50.0 Å². The fourth-order valence-corrected chi connectivity index (χ4v) is 4.44. The zero-order valence-electron chi connectivity index (χ0n) is 20.0. The lowest BCUT2D eigenvalue weighted by Gasteiger charge is -2.32. The van der Waals surface area contributed by atoms with Gasteiger partial charge in [-0.05, 0) is 51.0 Å². The molecular weight excluding hydrogens is 497 g/mol. The average molecular weight is 529 g/mol. The second-order valence-corrected chi connectivity index (χ2v) is 11.1. The van der Waals surface area contributed by atoms with Crippen LogP contribution in [0.2, 0.25) is 10.0 Å². The number of hydrogen-bond donors (Lipinski definition) is 1. The minimum Gasteiger partial charge on any atom is -0.352 e. The van der Waals surface area contributed by atoms with Crippen LogP contribution in [0.5, 0.6) is 0 Å². The molecule has 2 atom stereocenters. The smallest absolute Gasteiger partial charge is 0.244 e. The van der Waals surface area contributed by atoms with Gasteiger partial charge in [-0.25, -0.2) is 8.42 Å². The van der Waals surface area contributed by atoms with Crippen molar-refractivity contribution < 1.29 is 18.0 Å². The van der Waals surface area contributed by atoms with E-state index in [1.807, 2.05) is 45.0 Å². The Balaban J connectivity index is 2.41. The first kappa shape index (κ1) is 28.0. The summed E-state index contributed by atoms with van der Waals surface area (Å²) < 4.78 is 26.1. The van der Waals surface area contributed by atoms with Crippen molar-refractivity contribution in [1.82, 2.24) is 10.2 Å². The highest BCUT2D eigenvalue weighted by molar-refractivity contribution is 7.92. The molecule has 0 aliphatic rings. The molecule has 2 aromatic carbocycles. The minimum absolute atomic E-state index is 0.0606. The van der Waals surface area contributed by atoms with Gasteiger partial charge >= 0.3 is 0 Å². The summed E-state index contributed by atoms with van der Waals surface area (Å²) in [4.78, 5) is 27.8. The molecule has 2 aromatic rings. The average Bonchev–Trinajstić information content (AvgIpc) is 2.76. The van der Waals surface area contributed by atoms with Crippen molar-refractivity contribution in [2.24, 2.45) is 0 Å². The van der Waals surface area contributed by atoms with E-state index in [4.69, 9.17) is 23.2 Å². The summed E-state index contributed by atoms with van der Waals surface area (Å²) in [5.74, 6) is -0.833. The van der Waals surface area contributed by atoms with E-state index in [9.17, 15) is 18.0 Å². The van der Waals surface area contributed by atoms with Gasteiger partial charge in [0, 0.05) is 12.6 Å². The van der Waals surface area contributed by atoms with E-state index in [0.29, 0.717) is 0 Å². The van der Waals surface area contributed by atoms with Crippen LogP contribution in [0.1, 0.15) is 38.3 Å². The number of aryl methyl sites for hydroxylation is 1. The van der Waals surface area contributed by atoms with Crippen molar-refractivity contribution in [3.63, 3.8) is 0 Å². The van der Waals surface area contributed by atoms with Crippen LogP contribution < -0.4 is 9.62 Å². The number of carbonyl (C=O) groups excluding carboxylic acids is 2. The van der Waals surface area contributed by atoms with Gasteiger partial charge < -0.3 is 10.2 Å². The third kappa shape index (κ3) is 7.61. The van der Waals surface area contributed by atoms with Crippen molar-refractivity contribution >= 4 is 50.7 Å². The van der Waals surface area contributed by atoms with Crippen LogP contribution in [0.4, 0.5) is 5.69 Å². The molecule has 0 radical (unpaired) electrons. The molecular formula is C24H31Cl2N3O4S. The molecule has 0 aliphatic heterocycles. The van der Waals surface area contributed by atoms with E-state index < -0.39 is 28.5 Å². The summed E-state index contributed by atoms with van der Waals surface area (Å²) >= 11 is 12.1. The standard InChI is InChI=1S/C24H31Cl2N3O4S/c1-6-17(3)27-24(31)18(4)28(14-19-9-7-8-16(2)12-19)23(30)15-29(34(5,32)33)20-10-11-21(25)22(26)13-20/h7-13,17-18H,6,14-15H2,1-5H3,(H,27,31)/t17-,18-/m1/s1. The summed E-state index contributed by atoms with van der Waals surface area (Å²) in [6.45, 7) is 7.05. The number of hydrogen-bond acceptors (Lipinski definition) is 4. The molecule has 186 valence electrons. The summed E-state index contributed by atoms with van der Waals surface area (Å²) in [5.41, 5.74) is 2.05. The maximum atomic E-state index is 13.5. The maximum absolute atomic E-state index is 13.5. The second kappa shape index (κ2) is 11.9. The van der Waals surface area contributed by atoms with E-state index in [0.717, 1.165) is 28.1 Å². The number of halogens is 2. The highest BCUT2D eigenvalue weighted by atomic mass is 35.5. The molecule has 0 heterocycles. The molecule has 10 heteroatoms. The van der Waals surface area contributed by atoms with Crippen LogP contribution in [0.3, 0.4) is 0 Å². The van der Waals surface area contributed by atoms with E-state index >= 15 is 0 Å². The Morgan fingerprint density at radius 3 is 2.29 bits per heavy atom. The first-order valence-electron chi connectivity index (χ1n) is 10.9. The number of amides is 2. The Bertz CT molecular complexity index is 1140. The molecule has 34 heavy (non-hydrogen) atoms. The van der Waals surface area contributed by atoms with Crippen LogP contribution in [0, 0.1) is 6.92 Å². The van der Waals surface area contributed by atoms with Crippen LogP contribution in [0.25, 0.3) is 0 Å². The zero-order chi connectivity index (χ0) is 25.6. The Morgan fingerprint density at radius 2 is 1.74 bits per heavy atom. The van der Waals surface area contributed by atoms with Crippen LogP contribution >= 0.6 is 23.2 Å². The fraction of sp³-hybridized carbons (Fsp3) is 0.417. The number of carbonyl (C=O) groups is 2. The molecule has 1 N–H and O–H groups in total. The zero-order valence-corrected chi connectivity index (χ0v) is 22.3. The Morgan fingerprint density at radius 1 is 1.06 bits per heavy atom. The van der Waals surface area contributed by atoms with Crippen molar-refractivity contribution in [1.29, 1.82) is 0 Å². The van der Waals surface area contributed by atoms with Gasteiger partial charge in [-0.1, -0.05) is 60.0 Å². The Hall–Kier alpha value is -2.29. The quantitative estimate of drug-likeness (QED) is 0.495. The van der Waals surface area contributed by atoms with Gasteiger partial charge in [-0.15, -0.1) is 0 Å². The molecule has 0 aromatic heterocycles. The largest absolute Gasteiger partial charge is 0.352 e. The highest BCUT2D eigenvalue weighted by Gasteiger charge is 2.30. The fourth-order valence-electron chi connectivity index (χ4n) is 3.31. The van der Waals surface area contributed by atoms with Crippen molar-refractivity contribution in [3.05, 3.63) is 63.6 Å². The van der Waals surface area contributed by atoms with Crippen molar-refractivity contribution in [2.75, 3.05) is 17.1 Å². The number of benzene rings is 2. The molecule has 2 rings (SSSR count). The number of rotatable bonds is 10. The number of sulfonamides is 1. The Kier molecular flexibility index (Phi) is 9.79. The topological polar surface area (TPSA) is 86.8 Å².